The number of benzene rings is 2. The van der Waals surface area contributed by atoms with Gasteiger partial charge in [-0.2, -0.15) is 0 Å². The molecule has 6 heteroatoms. The summed E-state index contributed by atoms with van der Waals surface area (Å²) in [6.07, 6.45) is 2.06. The third kappa shape index (κ3) is 3.99. The highest BCUT2D eigenvalue weighted by Crippen LogP contribution is 2.40. The minimum Gasteiger partial charge on any atom is -0.497 e. The second kappa shape index (κ2) is 8.38. The summed E-state index contributed by atoms with van der Waals surface area (Å²) in [5, 5.41) is 3.12. The Labute approximate surface area is 177 Å². The smallest absolute Gasteiger partial charge is 0.254 e. The van der Waals surface area contributed by atoms with Gasteiger partial charge in [-0.3, -0.25) is 9.59 Å². The molecule has 2 fully saturated rings. The van der Waals surface area contributed by atoms with Crippen molar-refractivity contribution in [2.45, 2.75) is 31.7 Å². The van der Waals surface area contributed by atoms with Crippen molar-refractivity contribution in [3.05, 3.63) is 59.2 Å². The average Bonchev–Trinajstić information content (AvgIpc) is 3.47. The van der Waals surface area contributed by atoms with E-state index in [9.17, 15) is 9.59 Å². The number of hydrogen-bond donors (Lipinski definition) is 1. The molecule has 1 aliphatic heterocycles. The normalized spacial score (nSPS) is 20.7. The molecule has 1 saturated heterocycles. The van der Waals surface area contributed by atoms with Crippen LogP contribution in [-0.4, -0.2) is 50.1 Å². The lowest BCUT2D eigenvalue weighted by Crippen LogP contribution is -2.36. The van der Waals surface area contributed by atoms with E-state index in [-0.39, 0.29) is 29.7 Å². The highest BCUT2D eigenvalue weighted by molar-refractivity contribution is 5.96. The van der Waals surface area contributed by atoms with Crippen molar-refractivity contribution in [1.29, 1.82) is 0 Å². The summed E-state index contributed by atoms with van der Waals surface area (Å²) >= 11 is 0. The molecule has 2 aliphatic rings. The van der Waals surface area contributed by atoms with Crippen molar-refractivity contribution in [3.63, 3.8) is 0 Å². The molecule has 2 aromatic carbocycles. The number of carbonyl (C=O) groups excluding carboxylic acids is 2. The van der Waals surface area contributed by atoms with E-state index in [2.05, 4.69) is 5.32 Å². The maximum absolute atomic E-state index is 13.2. The van der Waals surface area contributed by atoms with E-state index in [0.717, 1.165) is 24.0 Å². The minimum atomic E-state index is -0.319. The number of amides is 2. The molecule has 1 saturated carbocycles. The maximum Gasteiger partial charge on any atom is 0.254 e. The van der Waals surface area contributed by atoms with Crippen LogP contribution >= 0.6 is 0 Å². The summed E-state index contributed by atoms with van der Waals surface area (Å²) in [6, 6.07) is 13.5. The van der Waals surface area contributed by atoms with Crippen molar-refractivity contribution in [2.24, 2.45) is 5.92 Å². The Bertz CT molecular complexity index is 954. The Hall–Kier alpha value is -3.02. The van der Waals surface area contributed by atoms with Crippen LogP contribution in [0.25, 0.3) is 0 Å². The van der Waals surface area contributed by atoms with E-state index in [1.807, 2.05) is 49.4 Å². The lowest BCUT2D eigenvalue weighted by molar-refractivity contribution is -0.125. The van der Waals surface area contributed by atoms with Crippen molar-refractivity contribution >= 4 is 11.8 Å². The second-order valence-electron chi connectivity index (χ2n) is 8.13. The Morgan fingerprint density at radius 3 is 2.47 bits per heavy atom. The molecule has 1 heterocycles. The van der Waals surface area contributed by atoms with Gasteiger partial charge in [-0.05, 0) is 37.5 Å². The van der Waals surface area contributed by atoms with Crippen LogP contribution in [0.1, 0.15) is 40.2 Å². The van der Waals surface area contributed by atoms with E-state index in [4.69, 9.17) is 9.47 Å². The Morgan fingerprint density at radius 1 is 1.03 bits per heavy atom. The standard InChI is InChI=1S/C24H28N2O4/c1-15-6-4-5-7-18(15)24(28)26-13-20(21(14-26)23(27)25-16-8-9-16)19-11-10-17(29-2)12-22(19)30-3/h4-7,10-12,16,20-21H,8-9,13-14H2,1-3H3,(H,25,27)/t20-,21-/m1/s1. The average molecular weight is 408 g/mol. The van der Waals surface area contributed by atoms with Gasteiger partial charge in [0, 0.05) is 42.2 Å². The summed E-state index contributed by atoms with van der Waals surface area (Å²) in [6.45, 7) is 2.80. The molecule has 2 atom stereocenters. The Balaban J connectivity index is 1.65. The number of nitrogens with one attached hydrogen (secondary N) is 1. The summed E-state index contributed by atoms with van der Waals surface area (Å²) in [4.78, 5) is 28.1. The fourth-order valence-corrected chi connectivity index (χ4v) is 4.19. The number of methoxy groups -OCH3 is 2. The predicted octanol–water partition coefficient (Wildman–Crippen LogP) is 3.15. The topological polar surface area (TPSA) is 67.9 Å². The summed E-state index contributed by atoms with van der Waals surface area (Å²) in [5.41, 5.74) is 2.54. The largest absolute Gasteiger partial charge is 0.497 e. The fourth-order valence-electron chi connectivity index (χ4n) is 4.19. The van der Waals surface area contributed by atoms with E-state index < -0.39 is 0 Å². The number of likely N-dealkylation sites (tertiary alicyclic amines) is 1. The van der Waals surface area contributed by atoms with Crippen LogP contribution in [0.2, 0.25) is 0 Å². The molecule has 0 aromatic heterocycles. The van der Waals surface area contributed by atoms with Crippen molar-refractivity contribution in [3.8, 4) is 11.5 Å². The highest BCUT2D eigenvalue weighted by Gasteiger charge is 2.43. The van der Waals surface area contributed by atoms with Gasteiger partial charge in [-0.1, -0.05) is 24.3 Å². The van der Waals surface area contributed by atoms with Crippen LogP contribution in [0, 0.1) is 12.8 Å². The summed E-state index contributed by atoms with van der Waals surface area (Å²) < 4.78 is 10.9. The summed E-state index contributed by atoms with van der Waals surface area (Å²) in [7, 11) is 3.22. The molecule has 1 aliphatic carbocycles. The van der Waals surface area contributed by atoms with E-state index in [1.165, 1.54) is 0 Å². The lowest BCUT2D eigenvalue weighted by atomic mass is 9.87. The molecular formula is C24H28N2O4. The van der Waals surface area contributed by atoms with Gasteiger partial charge in [0.2, 0.25) is 5.91 Å². The molecule has 1 N–H and O–H groups in total. The molecule has 158 valence electrons. The molecule has 0 spiro atoms. The van der Waals surface area contributed by atoms with Crippen molar-refractivity contribution in [1.82, 2.24) is 10.2 Å². The van der Waals surface area contributed by atoms with E-state index in [1.54, 1.807) is 19.1 Å². The minimum absolute atomic E-state index is 0.0143. The number of rotatable bonds is 6. The third-order valence-electron chi connectivity index (χ3n) is 6.08. The van der Waals surface area contributed by atoms with E-state index >= 15 is 0 Å². The number of carbonyl (C=O) groups is 2. The van der Waals surface area contributed by atoms with Gasteiger partial charge in [0.1, 0.15) is 11.5 Å². The van der Waals surface area contributed by atoms with Gasteiger partial charge < -0.3 is 19.7 Å². The van der Waals surface area contributed by atoms with Crippen LogP contribution in [0.4, 0.5) is 0 Å². The molecular weight excluding hydrogens is 380 g/mol. The zero-order chi connectivity index (χ0) is 21.3. The van der Waals surface area contributed by atoms with Gasteiger partial charge in [0.15, 0.2) is 0 Å². The molecule has 0 radical (unpaired) electrons. The molecule has 4 rings (SSSR count). The van der Waals surface area contributed by atoms with Crippen molar-refractivity contribution in [2.75, 3.05) is 27.3 Å². The fraction of sp³-hybridized carbons (Fsp3) is 0.417. The first-order valence-electron chi connectivity index (χ1n) is 10.4. The number of ether oxygens (including phenoxy) is 2. The van der Waals surface area contributed by atoms with E-state index in [0.29, 0.717) is 30.2 Å². The van der Waals surface area contributed by atoms with Gasteiger partial charge in [-0.25, -0.2) is 0 Å². The molecule has 2 amide bonds. The molecule has 2 aromatic rings. The molecule has 6 nitrogen and oxygen atoms in total. The van der Waals surface area contributed by atoms with Gasteiger partial charge >= 0.3 is 0 Å². The zero-order valence-electron chi connectivity index (χ0n) is 17.7. The lowest BCUT2D eigenvalue weighted by Gasteiger charge is -2.21. The summed E-state index contributed by atoms with van der Waals surface area (Å²) in [5.74, 6) is 0.889. The third-order valence-corrected chi connectivity index (χ3v) is 6.08. The van der Waals surface area contributed by atoms with Crippen LogP contribution in [0.15, 0.2) is 42.5 Å². The van der Waals surface area contributed by atoms with Crippen molar-refractivity contribution < 1.29 is 19.1 Å². The van der Waals surface area contributed by atoms with Gasteiger partial charge in [-0.15, -0.1) is 0 Å². The first kappa shape index (κ1) is 20.3. The SMILES string of the molecule is COc1ccc([C@H]2CN(C(=O)c3ccccc3C)C[C@H]2C(=O)NC2CC2)c(OC)c1. The maximum atomic E-state index is 13.2. The molecule has 0 bridgehead atoms. The molecule has 0 unspecified atom stereocenters. The molecule has 30 heavy (non-hydrogen) atoms. The number of hydrogen-bond acceptors (Lipinski definition) is 4. The highest BCUT2D eigenvalue weighted by atomic mass is 16.5. The first-order valence-corrected chi connectivity index (χ1v) is 10.4. The predicted molar refractivity (Wildman–Crippen MR) is 114 cm³/mol. The number of aryl methyl sites for hydroxylation is 1. The van der Waals surface area contributed by atoms with Crippen LogP contribution in [0.5, 0.6) is 11.5 Å². The van der Waals surface area contributed by atoms with Crippen LogP contribution < -0.4 is 14.8 Å². The van der Waals surface area contributed by atoms with Crippen LogP contribution in [0.3, 0.4) is 0 Å². The Kier molecular flexibility index (Phi) is 5.66. The number of nitrogens with zero attached hydrogens (tertiary/aromatic N) is 1. The monoisotopic (exact) mass is 408 g/mol. The second-order valence-corrected chi connectivity index (χ2v) is 8.13. The quantitative estimate of drug-likeness (QED) is 0.797. The van der Waals surface area contributed by atoms with Gasteiger partial charge in [0.05, 0.1) is 20.1 Å². The van der Waals surface area contributed by atoms with Gasteiger partial charge in [0.25, 0.3) is 5.91 Å². The van der Waals surface area contributed by atoms with Crippen LogP contribution in [-0.2, 0) is 4.79 Å². The Morgan fingerprint density at radius 2 is 1.80 bits per heavy atom. The first-order chi connectivity index (χ1) is 14.5. The zero-order valence-corrected chi connectivity index (χ0v) is 17.7.